The second-order valence-electron chi connectivity index (χ2n) is 6.60. The van der Waals surface area contributed by atoms with Gasteiger partial charge in [0.05, 0.1) is 13.2 Å². The molecule has 5 heteroatoms. The van der Waals surface area contributed by atoms with E-state index in [2.05, 4.69) is 35.6 Å². The maximum Gasteiger partial charge on any atom is 0.245 e. The van der Waals surface area contributed by atoms with Crippen molar-refractivity contribution in [2.45, 2.75) is 32.4 Å². The van der Waals surface area contributed by atoms with Crippen LogP contribution in [-0.4, -0.2) is 48.6 Å². The Morgan fingerprint density at radius 2 is 2.00 bits per heavy atom. The molecule has 0 bridgehead atoms. The Hall–Kier alpha value is -2.40. The van der Waals surface area contributed by atoms with Crippen LogP contribution in [0, 0.1) is 0 Å². The van der Waals surface area contributed by atoms with Crippen molar-refractivity contribution in [1.29, 1.82) is 0 Å². The fourth-order valence-corrected chi connectivity index (χ4v) is 3.31. The average molecular weight is 340 g/mol. The van der Waals surface area contributed by atoms with Crippen molar-refractivity contribution in [3.8, 4) is 0 Å². The summed E-state index contributed by atoms with van der Waals surface area (Å²) in [5, 5.41) is 5.42. The second kappa shape index (κ2) is 7.66. The number of benzene rings is 2. The summed E-state index contributed by atoms with van der Waals surface area (Å²) in [7, 11) is 0. The van der Waals surface area contributed by atoms with Gasteiger partial charge in [-0.2, -0.15) is 0 Å². The van der Waals surface area contributed by atoms with Crippen molar-refractivity contribution in [2.75, 3.05) is 19.8 Å². The fourth-order valence-electron chi connectivity index (χ4n) is 3.31. The molecule has 25 heavy (non-hydrogen) atoms. The van der Waals surface area contributed by atoms with Gasteiger partial charge in [-0.25, -0.2) is 0 Å². The van der Waals surface area contributed by atoms with Crippen LogP contribution in [0.15, 0.2) is 42.5 Å². The molecule has 2 aromatic carbocycles. The van der Waals surface area contributed by atoms with E-state index in [1.807, 2.05) is 19.1 Å². The maximum absolute atomic E-state index is 12.5. The number of fused-ring (bicyclic) bond motifs is 1. The SMILES string of the molecule is CC(=O)N1CCOC[C@@H]1C(=O)N[C@@H](C)Cc1ccc2ccccc2c1. The van der Waals surface area contributed by atoms with E-state index in [4.69, 9.17) is 4.74 Å². The molecule has 1 heterocycles. The van der Waals surface area contributed by atoms with Gasteiger partial charge in [0.2, 0.25) is 11.8 Å². The average Bonchev–Trinajstić information content (AvgIpc) is 2.61. The maximum atomic E-state index is 12.5. The Morgan fingerprint density at radius 3 is 2.76 bits per heavy atom. The monoisotopic (exact) mass is 340 g/mol. The number of ether oxygens (including phenoxy) is 1. The molecule has 1 aliphatic heterocycles. The Kier molecular flexibility index (Phi) is 5.34. The lowest BCUT2D eigenvalue weighted by Gasteiger charge is -2.34. The molecule has 0 unspecified atom stereocenters. The fraction of sp³-hybridized carbons (Fsp3) is 0.400. The molecule has 1 N–H and O–H groups in total. The minimum Gasteiger partial charge on any atom is -0.377 e. The minimum atomic E-state index is -0.537. The van der Waals surface area contributed by atoms with E-state index in [1.165, 1.54) is 23.3 Å². The van der Waals surface area contributed by atoms with E-state index in [1.54, 1.807) is 4.90 Å². The van der Waals surface area contributed by atoms with Crippen LogP contribution in [0.3, 0.4) is 0 Å². The number of amides is 2. The summed E-state index contributed by atoms with van der Waals surface area (Å²) in [6, 6.07) is 14.0. The molecule has 132 valence electrons. The summed E-state index contributed by atoms with van der Waals surface area (Å²) < 4.78 is 5.38. The van der Waals surface area contributed by atoms with E-state index in [0.717, 1.165) is 6.42 Å². The summed E-state index contributed by atoms with van der Waals surface area (Å²) in [4.78, 5) is 25.8. The van der Waals surface area contributed by atoms with Crippen molar-refractivity contribution < 1.29 is 14.3 Å². The van der Waals surface area contributed by atoms with Crippen molar-refractivity contribution in [1.82, 2.24) is 10.2 Å². The normalized spacial score (nSPS) is 18.8. The highest BCUT2D eigenvalue weighted by Gasteiger charge is 2.31. The number of carbonyl (C=O) groups excluding carboxylic acids is 2. The molecular weight excluding hydrogens is 316 g/mol. The molecule has 1 aliphatic rings. The quantitative estimate of drug-likeness (QED) is 0.928. The molecule has 5 nitrogen and oxygen atoms in total. The third kappa shape index (κ3) is 4.17. The summed E-state index contributed by atoms with van der Waals surface area (Å²) >= 11 is 0. The van der Waals surface area contributed by atoms with Gasteiger partial charge in [0.15, 0.2) is 0 Å². The highest BCUT2D eigenvalue weighted by Crippen LogP contribution is 2.17. The molecule has 2 amide bonds. The molecule has 0 radical (unpaired) electrons. The zero-order valence-electron chi connectivity index (χ0n) is 14.7. The molecule has 1 saturated heterocycles. The van der Waals surface area contributed by atoms with Gasteiger partial charge in [-0.1, -0.05) is 42.5 Å². The molecule has 1 fully saturated rings. The first-order valence-corrected chi connectivity index (χ1v) is 8.67. The highest BCUT2D eigenvalue weighted by atomic mass is 16.5. The van der Waals surface area contributed by atoms with Gasteiger partial charge in [-0.15, -0.1) is 0 Å². The van der Waals surface area contributed by atoms with Crippen LogP contribution >= 0.6 is 0 Å². The Balaban J connectivity index is 1.63. The van der Waals surface area contributed by atoms with Gasteiger partial charge >= 0.3 is 0 Å². The standard InChI is InChI=1S/C20H24N2O3/c1-14(11-16-7-8-17-5-3-4-6-18(17)12-16)21-20(24)19-13-25-10-9-22(19)15(2)23/h3-8,12,14,19H,9-11,13H2,1-2H3,(H,21,24)/t14-,19+/m0/s1. The van der Waals surface area contributed by atoms with Crippen LogP contribution in [-0.2, 0) is 20.7 Å². The van der Waals surface area contributed by atoms with Crippen molar-refractivity contribution in [3.63, 3.8) is 0 Å². The zero-order chi connectivity index (χ0) is 17.8. The lowest BCUT2D eigenvalue weighted by Crippen LogP contribution is -2.56. The molecule has 2 aromatic rings. The Bertz CT molecular complexity index is 774. The molecule has 0 aromatic heterocycles. The van der Waals surface area contributed by atoms with Crippen LogP contribution < -0.4 is 5.32 Å². The molecule has 2 atom stereocenters. The number of carbonyl (C=O) groups is 2. The van der Waals surface area contributed by atoms with Gasteiger partial charge in [0.1, 0.15) is 6.04 Å². The number of nitrogens with zero attached hydrogens (tertiary/aromatic N) is 1. The largest absolute Gasteiger partial charge is 0.377 e. The summed E-state index contributed by atoms with van der Waals surface area (Å²) in [5.41, 5.74) is 1.18. The van der Waals surface area contributed by atoms with Gasteiger partial charge in [0.25, 0.3) is 0 Å². The first kappa shape index (κ1) is 17.4. The van der Waals surface area contributed by atoms with Gasteiger partial charge in [-0.05, 0) is 29.7 Å². The highest BCUT2D eigenvalue weighted by molar-refractivity contribution is 5.87. The lowest BCUT2D eigenvalue weighted by atomic mass is 10.0. The number of rotatable bonds is 4. The minimum absolute atomic E-state index is 0.0237. The van der Waals surface area contributed by atoms with E-state index in [0.29, 0.717) is 13.2 Å². The molecule has 0 spiro atoms. The predicted octanol–water partition coefficient (Wildman–Crippen LogP) is 2.13. The third-order valence-corrected chi connectivity index (χ3v) is 4.58. The van der Waals surface area contributed by atoms with E-state index in [9.17, 15) is 9.59 Å². The van der Waals surface area contributed by atoms with Gasteiger partial charge in [-0.3, -0.25) is 9.59 Å². The zero-order valence-corrected chi connectivity index (χ0v) is 14.7. The van der Waals surface area contributed by atoms with Crippen molar-refractivity contribution in [3.05, 3.63) is 48.0 Å². The van der Waals surface area contributed by atoms with Crippen LogP contribution in [0.25, 0.3) is 10.8 Å². The summed E-state index contributed by atoms with van der Waals surface area (Å²) in [6.45, 7) is 4.68. The molecule has 0 aliphatic carbocycles. The number of hydrogen-bond acceptors (Lipinski definition) is 3. The first-order valence-electron chi connectivity index (χ1n) is 8.67. The Morgan fingerprint density at radius 1 is 1.24 bits per heavy atom. The van der Waals surface area contributed by atoms with Crippen LogP contribution in [0.5, 0.6) is 0 Å². The molecule has 3 rings (SSSR count). The third-order valence-electron chi connectivity index (χ3n) is 4.58. The smallest absolute Gasteiger partial charge is 0.245 e. The van der Waals surface area contributed by atoms with Crippen LogP contribution in [0.1, 0.15) is 19.4 Å². The molecule has 0 saturated carbocycles. The molecular formula is C20H24N2O3. The number of nitrogens with one attached hydrogen (secondary N) is 1. The van der Waals surface area contributed by atoms with E-state index < -0.39 is 6.04 Å². The topological polar surface area (TPSA) is 58.6 Å². The lowest BCUT2D eigenvalue weighted by molar-refractivity contribution is -0.147. The first-order chi connectivity index (χ1) is 12.0. The van der Waals surface area contributed by atoms with E-state index >= 15 is 0 Å². The van der Waals surface area contributed by atoms with Gasteiger partial charge in [0, 0.05) is 19.5 Å². The number of morpholine rings is 1. The van der Waals surface area contributed by atoms with E-state index in [-0.39, 0.29) is 24.5 Å². The predicted molar refractivity (Wildman–Crippen MR) is 97.3 cm³/mol. The summed E-state index contributed by atoms with van der Waals surface area (Å²) in [6.07, 6.45) is 0.740. The van der Waals surface area contributed by atoms with Crippen molar-refractivity contribution in [2.24, 2.45) is 0 Å². The Labute approximate surface area is 148 Å². The second-order valence-corrected chi connectivity index (χ2v) is 6.60. The van der Waals surface area contributed by atoms with Crippen molar-refractivity contribution >= 4 is 22.6 Å². The van der Waals surface area contributed by atoms with Crippen LogP contribution in [0.2, 0.25) is 0 Å². The number of hydrogen-bond donors (Lipinski definition) is 1. The summed E-state index contributed by atoms with van der Waals surface area (Å²) in [5.74, 6) is -0.242. The van der Waals surface area contributed by atoms with Gasteiger partial charge < -0.3 is 15.0 Å². The van der Waals surface area contributed by atoms with Crippen LogP contribution in [0.4, 0.5) is 0 Å².